The molecule has 0 aliphatic carbocycles. The highest BCUT2D eigenvalue weighted by molar-refractivity contribution is 5.84. The molecular formula is C12H14FNO2. The van der Waals surface area contributed by atoms with E-state index in [2.05, 4.69) is 0 Å². The van der Waals surface area contributed by atoms with Crippen LogP contribution in [0.25, 0.3) is 0 Å². The van der Waals surface area contributed by atoms with Gasteiger partial charge in [0.2, 0.25) is 0 Å². The molecule has 1 aliphatic rings. The van der Waals surface area contributed by atoms with Crippen molar-refractivity contribution in [1.82, 2.24) is 0 Å². The fourth-order valence-electron chi connectivity index (χ4n) is 2.05. The van der Waals surface area contributed by atoms with Gasteiger partial charge in [0.05, 0.1) is 11.8 Å². The number of rotatable bonds is 2. The van der Waals surface area contributed by atoms with Gasteiger partial charge in [0.1, 0.15) is 5.82 Å². The Bertz CT molecular complexity index is 387. The van der Waals surface area contributed by atoms with E-state index in [1.807, 2.05) is 4.90 Å². The summed E-state index contributed by atoms with van der Waals surface area (Å²) in [4.78, 5) is 12.7. The smallest absolute Gasteiger partial charge is 0.152 e. The Morgan fingerprint density at radius 1 is 1.38 bits per heavy atom. The average molecular weight is 223 g/mol. The SMILES string of the molecule is O=Cc1cccc(F)c1N1CCC(O)CC1. The first-order valence-corrected chi connectivity index (χ1v) is 5.39. The number of aldehydes is 1. The molecule has 3 nitrogen and oxygen atoms in total. The van der Waals surface area contributed by atoms with Crippen molar-refractivity contribution < 1.29 is 14.3 Å². The van der Waals surface area contributed by atoms with Crippen LogP contribution < -0.4 is 4.90 Å². The van der Waals surface area contributed by atoms with Crippen molar-refractivity contribution in [3.8, 4) is 0 Å². The maximum Gasteiger partial charge on any atom is 0.152 e. The standard InChI is InChI=1S/C12H14FNO2/c13-11-3-1-2-9(8-15)12(11)14-6-4-10(16)5-7-14/h1-3,8,10,16H,4-7H2. The molecule has 0 aromatic heterocycles. The topological polar surface area (TPSA) is 40.5 Å². The Balaban J connectivity index is 2.28. The summed E-state index contributed by atoms with van der Waals surface area (Å²) in [6.45, 7) is 1.17. The number of hydrogen-bond donors (Lipinski definition) is 1. The molecule has 1 aromatic rings. The molecule has 0 radical (unpaired) electrons. The van der Waals surface area contributed by atoms with Crippen molar-refractivity contribution in [1.29, 1.82) is 0 Å². The van der Waals surface area contributed by atoms with Gasteiger partial charge in [0.25, 0.3) is 0 Å². The second-order valence-electron chi connectivity index (χ2n) is 4.01. The van der Waals surface area contributed by atoms with Gasteiger partial charge < -0.3 is 10.0 Å². The molecule has 0 spiro atoms. The summed E-state index contributed by atoms with van der Waals surface area (Å²) >= 11 is 0. The number of aliphatic hydroxyl groups is 1. The number of carbonyl (C=O) groups excluding carboxylic acids is 1. The minimum absolute atomic E-state index is 0.303. The Morgan fingerprint density at radius 3 is 2.69 bits per heavy atom. The minimum Gasteiger partial charge on any atom is -0.393 e. The minimum atomic E-state index is -0.374. The quantitative estimate of drug-likeness (QED) is 0.774. The van der Waals surface area contributed by atoms with E-state index in [-0.39, 0.29) is 11.9 Å². The van der Waals surface area contributed by atoms with Crippen molar-refractivity contribution in [2.45, 2.75) is 18.9 Å². The molecular weight excluding hydrogens is 209 g/mol. The van der Waals surface area contributed by atoms with Gasteiger partial charge in [-0.05, 0) is 25.0 Å². The highest BCUT2D eigenvalue weighted by Crippen LogP contribution is 2.26. The summed E-state index contributed by atoms with van der Waals surface area (Å²) in [5.41, 5.74) is 0.737. The molecule has 1 saturated heterocycles. The fraction of sp³-hybridized carbons (Fsp3) is 0.417. The molecule has 0 amide bonds. The van der Waals surface area contributed by atoms with Gasteiger partial charge in [-0.3, -0.25) is 4.79 Å². The molecule has 1 N–H and O–H groups in total. The van der Waals surface area contributed by atoms with Gasteiger partial charge in [0, 0.05) is 18.7 Å². The molecule has 0 saturated carbocycles. The maximum atomic E-state index is 13.7. The van der Waals surface area contributed by atoms with Crippen LogP contribution in [0.4, 0.5) is 10.1 Å². The largest absolute Gasteiger partial charge is 0.393 e. The fourth-order valence-corrected chi connectivity index (χ4v) is 2.05. The summed E-state index contributed by atoms with van der Waals surface area (Å²) in [5.74, 6) is -0.374. The lowest BCUT2D eigenvalue weighted by Gasteiger charge is -2.32. The van der Waals surface area contributed by atoms with E-state index in [4.69, 9.17) is 0 Å². The van der Waals surface area contributed by atoms with Crippen molar-refractivity contribution in [2.24, 2.45) is 0 Å². The third-order valence-corrected chi connectivity index (χ3v) is 2.93. The van der Waals surface area contributed by atoms with Gasteiger partial charge in [-0.25, -0.2) is 4.39 Å². The lowest BCUT2D eigenvalue weighted by Crippen LogP contribution is -2.36. The van der Waals surface area contributed by atoms with Gasteiger partial charge in [-0.2, -0.15) is 0 Å². The zero-order chi connectivity index (χ0) is 11.5. The first kappa shape index (κ1) is 11.1. The van der Waals surface area contributed by atoms with E-state index < -0.39 is 0 Å². The van der Waals surface area contributed by atoms with Crippen LogP contribution in [0.1, 0.15) is 23.2 Å². The first-order chi connectivity index (χ1) is 7.72. The average Bonchev–Trinajstić information content (AvgIpc) is 2.30. The lowest BCUT2D eigenvalue weighted by atomic mass is 10.1. The predicted octanol–water partition coefficient (Wildman–Crippen LogP) is 1.60. The van der Waals surface area contributed by atoms with Crippen LogP contribution in [-0.2, 0) is 0 Å². The van der Waals surface area contributed by atoms with E-state index in [0.29, 0.717) is 43.5 Å². The zero-order valence-electron chi connectivity index (χ0n) is 8.90. The number of carbonyl (C=O) groups is 1. The van der Waals surface area contributed by atoms with Crippen LogP contribution in [-0.4, -0.2) is 30.6 Å². The molecule has 1 aliphatic heterocycles. The van der Waals surface area contributed by atoms with Crippen LogP contribution in [0.3, 0.4) is 0 Å². The Labute approximate surface area is 93.5 Å². The van der Waals surface area contributed by atoms with E-state index in [0.717, 1.165) is 0 Å². The number of para-hydroxylation sites is 1. The van der Waals surface area contributed by atoms with Crippen LogP contribution in [0.5, 0.6) is 0 Å². The normalized spacial score (nSPS) is 17.5. The van der Waals surface area contributed by atoms with Gasteiger partial charge in [-0.15, -0.1) is 0 Å². The van der Waals surface area contributed by atoms with E-state index >= 15 is 0 Å². The van der Waals surface area contributed by atoms with Crippen molar-refractivity contribution in [3.63, 3.8) is 0 Å². The summed E-state index contributed by atoms with van der Waals surface area (Å²) in [5, 5.41) is 9.38. The Morgan fingerprint density at radius 2 is 2.06 bits per heavy atom. The number of aliphatic hydroxyl groups excluding tert-OH is 1. The van der Waals surface area contributed by atoms with Gasteiger partial charge >= 0.3 is 0 Å². The molecule has 16 heavy (non-hydrogen) atoms. The highest BCUT2D eigenvalue weighted by atomic mass is 19.1. The van der Waals surface area contributed by atoms with Crippen molar-refractivity contribution >= 4 is 12.0 Å². The summed E-state index contributed by atoms with van der Waals surface area (Å²) in [6.07, 6.45) is 1.60. The molecule has 4 heteroatoms. The molecule has 0 bridgehead atoms. The summed E-state index contributed by atoms with van der Waals surface area (Å²) in [7, 11) is 0. The number of anilines is 1. The third kappa shape index (κ3) is 2.07. The summed E-state index contributed by atoms with van der Waals surface area (Å²) in [6, 6.07) is 4.49. The number of halogens is 1. The molecule has 1 fully saturated rings. The van der Waals surface area contributed by atoms with E-state index in [1.165, 1.54) is 12.1 Å². The first-order valence-electron chi connectivity index (χ1n) is 5.39. The molecule has 1 heterocycles. The van der Waals surface area contributed by atoms with Crippen molar-refractivity contribution in [3.05, 3.63) is 29.6 Å². The maximum absolute atomic E-state index is 13.7. The zero-order valence-corrected chi connectivity index (χ0v) is 8.90. The molecule has 86 valence electrons. The van der Waals surface area contributed by atoms with E-state index in [9.17, 15) is 14.3 Å². The number of hydrogen-bond acceptors (Lipinski definition) is 3. The summed E-state index contributed by atoms with van der Waals surface area (Å²) < 4.78 is 13.7. The third-order valence-electron chi connectivity index (χ3n) is 2.93. The second-order valence-corrected chi connectivity index (χ2v) is 4.01. The Kier molecular flexibility index (Phi) is 3.19. The van der Waals surface area contributed by atoms with Crippen LogP contribution >= 0.6 is 0 Å². The van der Waals surface area contributed by atoms with Crippen LogP contribution in [0.2, 0.25) is 0 Å². The number of benzene rings is 1. The molecule has 0 unspecified atom stereocenters. The molecule has 1 aromatic carbocycles. The monoisotopic (exact) mass is 223 g/mol. The molecule has 0 atom stereocenters. The predicted molar refractivity (Wildman–Crippen MR) is 59.2 cm³/mol. The Hall–Kier alpha value is -1.42. The highest BCUT2D eigenvalue weighted by Gasteiger charge is 2.21. The lowest BCUT2D eigenvalue weighted by molar-refractivity contribution is 0.112. The second kappa shape index (κ2) is 4.61. The van der Waals surface area contributed by atoms with Gasteiger partial charge in [-0.1, -0.05) is 6.07 Å². The van der Waals surface area contributed by atoms with Crippen LogP contribution in [0.15, 0.2) is 18.2 Å². The number of nitrogens with zero attached hydrogens (tertiary/aromatic N) is 1. The number of piperidine rings is 1. The molecule has 2 rings (SSSR count). The van der Waals surface area contributed by atoms with E-state index in [1.54, 1.807) is 6.07 Å². The van der Waals surface area contributed by atoms with Gasteiger partial charge in [0.15, 0.2) is 6.29 Å². The van der Waals surface area contributed by atoms with Crippen LogP contribution in [0, 0.1) is 5.82 Å². The van der Waals surface area contributed by atoms with Crippen molar-refractivity contribution in [2.75, 3.05) is 18.0 Å².